The third-order valence-electron chi connectivity index (χ3n) is 10.0. The molecule has 4 aromatic rings. The molecule has 9 nitrogen and oxygen atoms in total. The summed E-state index contributed by atoms with van der Waals surface area (Å²) >= 11 is 1.15. The summed E-state index contributed by atoms with van der Waals surface area (Å²) in [4.78, 5) is 25.7. The second-order valence-electron chi connectivity index (χ2n) is 14.1. The number of aryl methyl sites for hydroxylation is 1. The van der Waals surface area contributed by atoms with Crippen LogP contribution in [0.2, 0.25) is 0 Å². The zero-order valence-electron chi connectivity index (χ0n) is 27.8. The molecule has 2 N–H and O–H groups in total. The fourth-order valence-electron chi connectivity index (χ4n) is 7.00. The Hall–Kier alpha value is -4.26. The summed E-state index contributed by atoms with van der Waals surface area (Å²) in [7, 11) is 0. The van der Waals surface area contributed by atoms with E-state index in [4.69, 9.17) is 14.7 Å². The average Bonchev–Trinajstić information content (AvgIpc) is 3.62. The lowest BCUT2D eigenvalue weighted by molar-refractivity contribution is -0.190. The number of ether oxygens (including phenoxy) is 1. The molecule has 49 heavy (non-hydrogen) atoms. The van der Waals surface area contributed by atoms with Crippen molar-refractivity contribution in [3.8, 4) is 11.7 Å². The van der Waals surface area contributed by atoms with Gasteiger partial charge in [-0.1, -0.05) is 35.9 Å². The van der Waals surface area contributed by atoms with Gasteiger partial charge in [0.05, 0.1) is 23.6 Å². The number of pyridine rings is 2. The van der Waals surface area contributed by atoms with Crippen LogP contribution in [0.4, 0.5) is 24.8 Å². The van der Waals surface area contributed by atoms with Gasteiger partial charge in [-0.2, -0.15) is 13.2 Å². The van der Waals surface area contributed by atoms with Crippen molar-refractivity contribution < 1.29 is 22.7 Å². The molecule has 1 amide bonds. The molecule has 0 spiro atoms. The van der Waals surface area contributed by atoms with E-state index in [9.17, 15) is 18.0 Å². The van der Waals surface area contributed by atoms with Crippen LogP contribution in [0.25, 0.3) is 5.82 Å². The van der Waals surface area contributed by atoms with Gasteiger partial charge in [-0.25, -0.2) is 14.6 Å². The molecular formula is C36H40F3N7O2S. The topological polar surface area (TPSA) is 97.2 Å². The predicted molar refractivity (Wildman–Crippen MR) is 183 cm³/mol. The van der Waals surface area contributed by atoms with Crippen molar-refractivity contribution in [3.05, 3.63) is 83.6 Å². The molecule has 3 aliphatic rings. The van der Waals surface area contributed by atoms with E-state index in [0.717, 1.165) is 43.6 Å². The number of nitrogens with one attached hydrogen (secondary N) is 2. The van der Waals surface area contributed by atoms with Crippen molar-refractivity contribution >= 4 is 29.5 Å². The maximum Gasteiger partial charge on any atom is 0.394 e. The number of hydrogen-bond acceptors (Lipinski definition) is 8. The van der Waals surface area contributed by atoms with Crippen LogP contribution in [-0.2, 0) is 0 Å². The number of alkyl halides is 3. The summed E-state index contributed by atoms with van der Waals surface area (Å²) in [6.07, 6.45) is 0.396. The quantitative estimate of drug-likeness (QED) is 0.196. The monoisotopic (exact) mass is 691 g/mol. The molecule has 3 aromatic heterocycles. The lowest BCUT2D eigenvalue weighted by Crippen LogP contribution is -2.40. The van der Waals surface area contributed by atoms with Crippen molar-refractivity contribution in [2.45, 2.75) is 82.1 Å². The Morgan fingerprint density at radius 2 is 1.82 bits per heavy atom. The lowest BCUT2D eigenvalue weighted by atomic mass is 9.90. The highest BCUT2D eigenvalue weighted by atomic mass is 32.2. The minimum Gasteiger partial charge on any atom is -0.477 e. The summed E-state index contributed by atoms with van der Waals surface area (Å²) in [6, 6.07) is 19.5. The molecule has 7 rings (SSSR count). The number of hydrogen-bond donors (Lipinski definition) is 2. The number of amides is 1. The van der Waals surface area contributed by atoms with E-state index < -0.39 is 11.6 Å². The van der Waals surface area contributed by atoms with E-state index in [1.165, 1.54) is 15.8 Å². The van der Waals surface area contributed by atoms with Crippen LogP contribution in [0.5, 0.6) is 5.88 Å². The summed E-state index contributed by atoms with van der Waals surface area (Å²) in [6.45, 7) is 7.09. The van der Waals surface area contributed by atoms with Gasteiger partial charge in [0.25, 0.3) is 5.91 Å². The molecule has 2 unspecified atom stereocenters. The fraction of sp³-hybridized carbons (Fsp3) is 0.444. The molecule has 1 aromatic carbocycles. The first kappa shape index (κ1) is 33.2. The SMILES string of the molecule is Cc1ccc(C2CCC3CN(c4nc(-n5ccc(OCCC6(C(F)(F)F)CC6)n5)ccc4C(=O)NSc4cccc(n4)N2)C(C)(C)C3)cc1. The second-order valence-corrected chi connectivity index (χ2v) is 14.9. The van der Waals surface area contributed by atoms with E-state index in [2.05, 4.69) is 65.1 Å². The molecule has 2 atom stereocenters. The normalized spacial score (nSPS) is 21.5. The van der Waals surface area contributed by atoms with E-state index in [1.807, 2.05) is 18.2 Å². The van der Waals surface area contributed by atoms with E-state index in [1.54, 1.807) is 24.4 Å². The molecule has 2 aliphatic heterocycles. The molecule has 1 aliphatic carbocycles. The maximum atomic E-state index is 13.8. The van der Waals surface area contributed by atoms with Gasteiger partial charge in [-0.05, 0) is 95.0 Å². The Morgan fingerprint density at radius 1 is 1.02 bits per heavy atom. The molecule has 258 valence electrons. The van der Waals surface area contributed by atoms with Crippen molar-refractivity contribution in [1.29, 1.82) is 0 Å². The van der Waals surface area contributed by atoms with Gasteiger partial charge in [0.2, 0.25) is 5.88 Å². The third-order valence-corrected chi connectivity index (χ3v) is 10.8. The number of fused-ring (bicyclic) bond motifs is 6. The van der Waals surface area contributed by atoms with Crippen LogP contribution >= 0.6 is 11.9 Å². The van der Waals surface area contributed by atoms with E-state index in [0.29, 0.717) is 28.1 Å². The largest absolute Gasteiger partial charge is 0.477 e. The Morgan fingerprint density at radius 3 is 2.57 bits per heavy atom. The number of halogens is 3. The number of carbonyl (C=O) groups excluding carboxylic acids is 1. The zero-order valence-corrected chi connectivity index (χ0v) is 28.6. The van der Waals surface area contributed by atoms with Crippen LogP contribution in [0.3, 0.4) is 0 Å². The van der Waals surface area contributed by atoms with Crippen LogP contribution < -0.4 is 19.7 Å². The number of aromatic nitrogens is 4. The highest BCUT2D eigenvalue weighted by Crippen LogP contribution is 2.59. The van der Waals surface area contributed by atoms with Crippen molar-refractivity contribution in [3.63, 3.8) is 0 Å². The highest BCUT2D eigenvalue weighted by molar-refractivity contribution is 7.97. The number of benzene rings is 1. The van der Waals surface area contributed by atoms with Gasteiger partial charge in [0.15, 0.2) is 5.82 Å². The van der Waals surface area contributed by atoms with Crippen LogP contribution in [-0.4, -0.2) is 50.5 Å². The molecule has 0 radical (unpaired) electrons. The Bertz CT molecular complexity index is 1820. The second kappa shape index (κ2) is 12.9. The first-order valence-electron chi connectivity index (χ1n) is 16.7. The molecule has 4 bridgehead atoms. The lowest BCUT2D eigenvalue weighted by Gasteiger charge is -2.34. The maximum absolute atomic E-state index is 13.8. The number of nitrogens with zero attached hydrogens (tertiary/aromatic N) is 5. The molecule has 5 heterocycles. The molecule has 13 heteroatoms. The molecule has 1 saturated carbocycles. The first-order valence-corrected chi connectivity index (χ1v) is 17.5. The van der Waals surface area contributed by atoms with Crippen molar-refractivity contribution in [2.24, 2.45) is 11.3 Å². The minimum atomic E-state index is -4.22. The Kier molecular flexibility index (Phi) is 8.74. The molecule has 2 fully saturated rings. The highest BCUT2D eigenvalue weighted by Gasteiger charge is 2.62. The van der Waals surface area contributed by atoms with Crippen LogP contribution in [0.1, 0.15) is 79.9 Å². The van der Waals surface area contributed by atoms with Gasteiger partial charge >= 0.3 is 6.18 Å². The van der Waals surface area contributed by atoms with Gasteiger partial charge in [-0.3, -0.25) is 9.52 Å². The average molecular weight is 692 g/mol. The fourth-order valence-corrected chi connectivity index (χ4v) is 7.60. The van der Waals surface area contributed by atoms with Crippen LogP contribution in [0, 0.1) is 18.3 Å². The van der Waals surface area contributed by atoms with Gasteiger partial charge < -0.3 is 15.0 Å². The first-order chi connectivity index (χ1) is 23.4. The van der Waals surface area contributed by atoms with Gasteiger partial charge in [0.1, 0.15) is 16.7 Å². The molecular weight excluding hydrogens is 652 g/mol. The predicted octanol–water partition coefficient (Wildman–Crippen LogP) is 8.07. The smallest absolute Gasteiger partial charge is 0.394 e. The standard InChI is InChI=1S/C36H40F3N7O2S/c1-23-7-10-25(11-8-23)27-13-9-24-21-34(2,3)45(22-24)32-26(33(47)44-49-31-6-4-5-28(40-27)41-31)12-14-29(42-32)46-19-15-30(43-46)48-20-18-35(16-17-35)36(37,38)39/h4-8,10-12,14-15,19,24,27H,9,13,16-18,20-22H2,1-3H3,(H,40,41)(H,44,47). The summed E-state index contributed by atoms with van der Waals surface area (Å²) in [5, 5.41) is 8.76. The summed E-state index contributed by atoms with van der Waals surface area (Å²) < 4.78 is 50.2. The summed E-state index contributed by atoms with van der Waals surface area (Å²) in [5.41, 5.74) is 0.915. The number of carbonyl (C=O) groups is 1. The minimum absolute atomic E-state index is 0.0572. The number of anilines is 2. The Balaban J connectivity index is 1.16. The zero-order chi connectivity index (χ0) is 34.4. The van der Waals surface area contributed by atoms with Gasteiger partial charge in [0, 0.05) is 36.3 Å². The number of rotatable bonds is 6. The van der Waals surface area contributed by atoms with Crippen LogP contribution in [0.15, 0.2) is 71.9 Å². The van der Waals surface area contributed by atoms with Crippen molar-refractivity contribution in [2.75, 3.05) is 23.4 Å². The third kappa shape index (κ3) is 7.08. The summed E-state index contributed by atoms with van der Waals surface area (Å²) in [5.74, 6) is 2.04. The van der Waals surface area contributed by atoms with E-state index >= 15 is 0 Å². The van der Waals surface area contributed by atoms with Gasteiger partial charge in [-0.15, -0.1) is 5.10 Å². The molecule has 1 saturated heterocycles. The van der Waals surface area contributed by atoms with E-state index in [-0.39, 0.29) is 49.2 Å². The Labute approximate surface area is 288 Å². The van der Waals surface area contributed by atoms with Crippen molar-refractivity contribution in [1.82, 2.24) is 24.5 Å².